The first kappa shape index (κ1) is 20.8. The molecule has 0 radical (unpaired) electrons. The lowest BCUT2D eigenvalue weighted by atomic mass is 10.00. The molecule has 3 heterocycles. The van der Waals surface area contributed by atoms with Crippen molar-refractivity contribution in [1.82, 2.24) is 14.9 Å². The number of benzene rings is 1. The molecule has 158 valence electrons. The zero-order valence-corrected chi connectivity index (χ0v) is 17.1. The highest BCUT2D eigenvalue weighted by Gasteiger charge is 2.32. The number of pyridine rings is 1. The van der Waals surface area contributed by atoms with Gasteiger partial charge in [-0.25, -0.2) is 4.98 Å². The third-order valence-electron chi connectivity index (χ3n) is 5.17. The molecular formula is C22H22F3N3OS. The number of para-hydroxylation sites is 1. The van der Waals surface area contributed by atoms with E-state index in [-0.39, 0.29) is 6.04 Å². The number of aromatic nitrogens is 2. The van der Waals surface area contributed by atoms with E-state index < -0.39 is 11.9 Å². The second kappa shape index (κ2) is 9.14. The first-order chi connectivity index (χ1) is 14.5. The molecule has 1 aliphatic rings. The van der Waals surface area contributed by atoms with Gasteiger partial charge in [0.25, 0.3) is 0 Å². The van der Waals surface area contributed by atoms with Crippen LogP contribution in [0, 0.1) is 0 Å². The van der Waals surface area contributed by atoms with E-state index >= 15 is 0 Å². The Morgan fingerprint density at radius 1 is 1.10 bits per heavy atom. The summed E-state index contributed by atoms with van der Waals surface area (Å²) in [5, 5.41) is 2.70. The highest BCUT2D eigenvalue weighted by atomic mass is 32.1. The summed E-state index contributed by atoms with van der Waals surface area (Å²) in [7, 11) is 0. The molecule has 3 aromatic rings. The van der Waals surface area contributed by atoms with Crippen molar-refractivity contribution in [3.63, 3.8) is 0 Å². The van der Waals surface area contributed by atoms with Crippen molar-refractivity contribution in [1.29, 1.82) is 0 Å². The van der Waals surface area contributed by atoms with Gasteiger partial charge in [-0.3, -0.25) is 9.88 Å². The SMILES string of the molecule is FC(F)(F)c1ccc(-c2nc([C@H]3CCCCN3CCOc3ccccc3)cs2)cn1. The summed E-state index contributed by atoms with van der Waals surface area (Å²) in [6.07, 6.45) is 0.103. The monoisotopic (exact) mass is 433 g/mol. The third kappa shape index (κ3) is 4.99. The van der Waals surface area contributed by atoms with Crippen molar-refractivity contribution in [3.05, 3.63) is 65.4 Å². The molecule has 0 aliphatic carbocycles. The molecule has 4 rings (SSSR count). The Balaban J connectivity index is 1.42. The van der Waals surface area contributed by atoms with Crippen LogP contribution in [0.5, 0.6) is 5.75 Å². The first-order valence-corrected chi connectivity index (χ1v) is 10.8. The molecule has 0 saturated carbocycles. The maximum atomic E-state index is 12.7. The number of hydrogen-bond acceptors (Lipinski definition) is 5. The molecular weight excluding hydrogens is 411 g/mol. The molecule has 0 spiro atoms. The lowest BCUT2D eigenvalue weighted by Gasteiger charge is -2.34. The maximum Gasteiger partial charge on any atom is 0.433 e. The summed E-state index contributed by atoms with van der Waals surface area (Å²) < 4.78 is 44.0. The number of thiazole rings is 1. The molecule has 0 amide bonds. The molecule has 1 atom stereocenters. The Morgan fingerprint density at radius 3 is 2.67 bits per heavy atom. The maximum absolute atomic E-state index is 12.7. The van der Waals surface area contributed by atoms with E-state index in [1.54, 1.807) is 0 Å². The van der Waals surface area contributed by atoms with Gasteiger partial charge in [0.15, 0.2) is 0 Å². The summed E-state index contributed by atoms with van der Waals surface area (Å²) in [5.41, 5.74) is 0.684. The van der Waals surface area contributed by atoms with Crippen LogP contribution in [-0.2, 0) is 6.18 Å². The van der Waals surface area contributed by atoms with E-state index in [0.717, 1.165) is 49.9 Å². The van der Waals surface area contributed by atoms with Gasteiger partial charge < -0.3 is 4.74 Å². The minimum atomic E-state index is -4.43. The Kier molecular flexibility index (Phi) is 6.34. The molecule has 1 aliphatic heterocycles. The normalized spacial score (nSPS) is 17.8. The Labute approximate surface area is 177 Å². The number of piperidine rings is 1. The Hall–Kier alpha value is -2.45. The second-order valence-corrected chi connectivity index (χ2v) is 8.07. The van der Waals surface area contributed by atoms with Crippen molar-refractivity contribution in [2.24, 2.45) is 0 Å². The predicted molar refractivity (Wildman–Crippen MR) is 110 cm³/mol. The number of rotatable bonds is 6. The van der Waals surface area contributed by atoms with Crippen LogP contribution in [0.2, 0.25) is 0 Å². The fourth-order valence-corrected chi connectivity index (χ4v) is 4.51. The largest absolute Gasteiger partial charge is 0.492 e. The highest BCUT2D eigenvalue weighted by Crippen LogP contribution is 2.34. The predicted octanol–water partition coefficient (Wildman–Crippen LogP) is 5.83. The fourth-order valence-electron chi connectivity index (χ4n) is 3.65. The van der Waals surface area contributed by atoms with Crippen molar-refractivity contribution in [2.75, 3.05) is 19.7 Å². The van der Waals surface area contributed by atoms with Gasteiger partial charge in [-0.2, -0.15) is 13.2 Å². The smallest absolute Gasteiger partial charge is 0.433 e. The average Bonchev–Trinajstić information content (AvgIpc) is 3.24. The molecule has 0 N–H and O–H groups in total. The molecule has 1 fully saturated rings. The van der Waals surface area contributed by atoms with Crippen LogP contribution < -0.4 is 4.74 Å². The molecule has 8 heteroatoms. The number of nitrogens with zero attached hydrogens (tertiary/aromatic N) is 3. The van der Waals surface area contributed by atoms with E-state index in [1.165, 1.54) is 23.6 Å². The van der Waals surface area contributed by atoms with Gasteiger partial charge in [0, 0.05) is 23.7 Å². The van der Waals surface area contributed by atoms with Gasteiger partial charge in [0.05, 0.1) is 11.7 Å². The standard InChI is InChI=1S/C22H22F3N3OS/c23-22(24,25)20-10-9-16(14-26-20)21-27-18(15-30-21)19-8-4-5-11-28(19)12-13-29-17-6-2-1-3-7-17/h1-3,6-7,9-10,14-15,19H,4-5,8,11-13H2/t19-/m1/s1. The molecule has 1 aromatic carbocycles. The van der Waals surface area contributed by atoms with Gasteiger partial charge >= 0.3 is 6.18 Å². The number of halogens is 3. The van der Waals surface area contributed by atoms with Crippen molar-refractivity contribution in [3.8, 4) is 16.3 Å². The van der Waals surface area contributed by atoms with Crippen LogP contribution in [0.1, 0.15) is 36.7 Å². The van der Waals surface area contributed by atoms with Crippen LogP contribution in [0.15, 0.2) is 54.0 Å². The topological polar surface area (TPSA) is 38.2 Å². The molecule has 4 nitrogen and oxygen atoms in total. The van der Waals surface area contributed by atoms with Gasteiger partial charge in [-0.15, -0.1) is 11.3 Å². The zero-order chi connectivity index (χ0) is 21.0. The minimum Gasteiger partial charge on any atom is -0.492 e. The number of likely N-dealkylation sites (tertiary alicyclic amines) is 1. The van der Waals surface area contributed by atoms with Crippen LogP contribution in [-0.4, -0.2) is 34.6 Å². The van der Waals surface area contributed by atoms with Crippen LogP contribution in [0.25, 0.3) is 10.6 Å². The second-order valence-electron chi connectivity index (χ2n) is 7.22. The summed E-state index contributed by atoms with van der Waals surface area (Å²) in [6.45, 7) is 2.38. The van der Waals surface area contributed by atoms with Gasteiger partial charge in [0.2, 0.25) is 0 Å². The summed E-state index contributed by atoms with van der Waals surface area (Å²) >= 11 is 1.44. The van der Waals surface area contributed by atoms with Crippen molar-refractivity contribution < 1.29 is 17.9 Å². The minimum absolute atomic E-state index is 0.200. The van der Waals surface area contributed by atoms with Crippen LogP contribution in [0.4, 0.5) is 13.2 Å². The third-order valence-corrected chi connectivity index (χ3v) is 6.08. The Bertz CT molecular complexity index is 944. The number of ether oxygens (including phenoxy) is 1. The summed E-state index contributed by atoms with van der Waals surface area (Å²) in [6, 6.07) is 12.4. The first-order valence-electron chi connectivity index (χ1n) is 9.91. The fraction of sp³-hybridized carbons (Fsp3) is 0.364. The van der Waals surface area contributed by atoms with Crippen LogP contribution in [0.3, 0.4) is 0 Å². The number of alkyl halides is 3. The summed E-state index contributed by atoms with van der Waals surface area (Å²) in [5.74, 6) is 0.858. The quantitative estimate of drug-likeness (QED) is 0.490. The van der Waals surface area contributed by atoms with E-state index in [9.17, 15) is 13.2 Å². The highest BCUT2D eigenvalue weighted by molar-refractivity contribution is 7.13. The lowest BCUT2D eigenvalue weighted by molar-refractivity contribution is -0.141. The van der Waals surface area contributed by atoms with E-state index in [0.29, 0.717) is 17.2 Å². The molecule has 2 aromatic heterocycles. The van der Waals surface area contributed by atoms with Gasteiger partial charge in [-0.05, 0) is 43.7 Å². The van der Waals surface area contributed by atoms with E-state index in [2.05, 4.69) is 9.88 Å². The molecule has 30 heavy (non-hydrogen) atoms. The van der Waals surface area contributed by atoms with Gasteiger partial charge in [0.1, 0.15) is 23.1 Å². The van der Waals surface area contributed by atoms with Crippen molar-refractivity contribution >= 4 is 11.3 Å². The molecule has 0 unspecified atom stereocenters. The number of hydrogen-bond donors (Lipinski definition) is 0. The van der Waals surface area contributed by atoms with Gasteiger partial charge in [-0.1, -0.05) is 24.6 Å². The van der Waals surface area contributed by atoms with E-state index in [1.807, 2.05) is 35.7 Å². The lowest BCUT2D eigenvalue weighted by Crippen LogP contribution is -2.36. The summed E-state index contributed by atoms with van der Waals surface area (Å²) in [4.78, 5) is 10.7. The van der Waals surface area contributed by atoms with Crippen LogP contribution >= 0.6 is 11.3 Å². The zero-order valence-electron chi connectivity index (χ0n) is 16.3. The molecule has 0 bridgehead atoms. The van der Waals surface area contributed by atoms with Crippen molar-refractivity contribution in [2.45, 2.75) is 31.5 Å². The van der Waals surface area contributed by atoms with E-state index in [4.69, 9.17) is 9.72 Å². The Morgan fingerprint density at radius 2 is 1.93 bits per heavy atom. The average molecular weight is 433 g/mol. The molecule has 1 saturated heterocycles.